The van der Waals surface area contributed by atoms with Crippen LogP contribution in [0.2, 0.25) is 0 Å². The SMILES string of the molecule is CC1(C)c2ccccc2-c2c(-c3cc(-c4ccccc4)nc(-c4ccc(-c5ccc6c(c5)-c5ccc7ccccc7c5C6(C)C)c5ccccc45)n3)cccc21. The van der Waals surface area contributed by atoms with E-state index >= 15 is 0 Å². The van der Waals surface area contributed by atoms with Crippen molar-refractivity contribution in [1.29, 1.82) is 0 Å². The minimum atomic E-state index is -0.102. The van der Waals surface area contributed by atoms with Crippen LogP contribution in [0.1, 0.15) is 49.9 Å². The van der Waals surface area contributed by atoms with E-state index in [1.165, 1.54) is 71.8 Å². The van der Waals surface area contributed by atoms with Crippen molar-refractivity contribution in [2.24, 2.45) is 0 Å². The van der Waals surface area contributed by atoms with Gasteiger partial charge in [-0.2, -0.15) is 0 Å². The molecule has 2 heteroatoms. The zero-order chi connectivity index (χ0) is 37.8. The van der Waals surface area contributed by atoms with Crippen molar-refractivity contribution in [2.75, 3.05) is 0 Å². The van der Waals surface area contributed by atoms with Crippen molar-refractivity contribution >= 4 is 21.5 Å². The van der Waals surface area contributed by atoms with Crippen LogP contribution in [-0.2, 0) is 10.8 Å². The second-order valence-electron chi connectivity index (χ2n) is 16.5. The van der Waals surface area contributed by atoms with Crippen LogP contribution in [-0.4, -0.2) is 9.97 Å². The Kier molecular flexibility index (Phi) is 6.98. The van der Waals surface area contributed by atoms with Crippen LogP contribution >= 0.6 is 0 Å². The summed E-state index contributed by atoms with van der Waals surface area (Å²) < 4.78 is 0. The molecule has 0 aliphatic heterocycles. The first-order chi connectivity index (χ1) is 27.3. The Hall–Kier alpha value is -6.64. The Labute approximate surface area is 328 Å². The molecule has 56 heavy (non-hydrogen) atoms. The second-order valence-corrected chi connectivity index (χ2v) is 16.5. The van der Waals surface area contributed by atoms with Crippen LogP contribution in [0.25, 0.3) is 88.8 Å². The predicted molar refractivity (Wildman–Crippen MR) is 234 cm³/mol. The summed E-state index contributed by atoms with van der Waals surface area (Å²) in [4.78, 5) is 10.8. The van der Waals surface area contributed by atoms with Crippen LogP contribution in [0.4, 0.5) is 0 Å². The number of rotatable bonds is 4. The van der Waals surface area contributed by atoms with Crippen molar-refractivity contribution in [3.8, 4) is 67.3 Å². The van der Waals surface area contributed by atoms with Gasteiger partial charge in [-0.3, -0.25) is 0 Å². The van der Waals surface area contributed by atoms with E-state index in [0.29, 0.717) is 0 Å². The lowest BCUT2D eigenvalue weighted by Crippen LogP contribution is -2.15. The fraction of sp³-hybridized carbons (Fsp3) is 0.111. The second kappa shape index (κ2) is 11.9. The topological polar surface area (TPSA) is 25.8 Å². The average Bonchev–Trinajstić information content (AvgIpc) is 3.63. The van der Waals surface area contributed by atoms with E-state index < -0.39 is 0 Å². The normalized spacial score (nSPS) is 14.4. The van der Waals surface area contributed by atoms with Gasteiger partial charge in [-0.15, -0.1) is 0 Å². The molecule has 1 aromatic heterocycles. The van der Waals surface area contributed by atoms with Gasteiger partial charge in [0.05, 0.1) is 11.4 Å². The first kappa shape index (κ1) is 32.8. The quantitative estimate of drug-likeness (QED) is 0.181. The molecule has 0 atom stereocenters. The molecule has 8 aromatic carbocycles. The maximum Gasteiger partial charge on any atom is 0.161 e. The molecular weight excluding hydrogens is 677 g/mol. The molecule has 0 amide bonds. The van der Waals surface area contributed by atoms with Crippen molar-refractivity contribution in [3.63, 3.8) is 0 Å². The number of nitrogens with zero attached hydrogens (tertiary/aromatic N) is 2. The Morgan fingerprint density at radius 3 is 1.82 bits per heavy atom. The molecule has 0 fully saturated rings. The number of fused-ring (bicyclic) bond motifs is 9. The van der Waals surface area contributed by atoms with Crippen molar-refractivity contribution < 1.29 is 0 Å². The summed E-state index contributed by atoms with van der Waals surface area (Å²) in [5.41, 5.74) is 18.0. The highest BCUT2D eigenvalue weighted by atomic mass is 14.9. The summed E-state index contributed by atoms with van der Waals surface area (Å²) in [7, 11) is 0. The van der Waals surface area contributed by atoms with Crippen LogP contribution in [0.15, 0.2) is 170 Å². The fourth-order valence-corrected chi connectivity index (χ4v) is 9.96. The van der Waals surface area contributed by atoms with E-state index in [2.05, 4.69) is 198 Å². The maximum absolute atomic E-state index is 5.45. The molecule has 9 aromatic rings. The Morgan fingerprint density at radius 1 is 0.357 bits per heavy atom. The summed E-state index contributed by atoms with van der Waals surface area (Å²) >= 11 is 0. The summed E-state index contributed by atoms with van der Waals surface area (Å²) in [5.74, 6) is 0.726. The summed E-state index contributed by atoms with van der Waals surface area (Å²) in [6.45, 7) is 9.40. The summed E-state index contributed by atoms with van der Waals surface area (Å²) in [6, 6.07) is 62.0. The largest absolute Gasteiger partial charge is 0.228 e. The predicted octanol–water partition coefficient (Wildman–Crippen LogP) is 14.1. The van der Waals surface area contributed by atoms with E-state index in [1.807, 2.05) is 0 Å². The highest BCUT2D eigenvalue weighted by Gasteiger charge is 2.38. The summed E-state index contributed by atoms with van der Waals surface area (Å²) in [5, 5.41) is 4.96. The Bertz CT molecular complexity index is 3080. The molecule has 0 bridgehead atoms. The van der Waals surface area contributed by atoms with Gasteiger partial charge in [0.2, 0.25) is 0 Å². The molecule has 0 radical (unpaired) electrons. The lowest BCUT2D eigenvalue weighted by atomic mass is 9.80. The molecule has 0 spiro atoms. The monoisotopic (exact) mass is 716 g/mol. The van der Waals surface area contributed by atoms with Crippen LogP contribution < -0.4 is 0 Å². The average molecular weight is 717 g/mol. The van der Waals surface area contributed by atoms with Crippen molar-refractivity contribution in [3.05, 3.63) is 192 Å². The third-order valence-electron chi connectivity index (χ3n) is 12.7. The van der Waals surface area contributed by atoms with E-state index in [1.54, 1.807) is 0 Å². The number of hydrogen-bond donors (Lipinski definition) is 0. The van der Waals surface area contributed by atoms with Crippen molar-refractivity contribution in [1.82, 2.24) is 9.97 Å². The van der Waals surface area contributed by atoms with Gasteiger partial charge in [0.15, 0.2) is 5.82 Å². The fourth-order valence-electron chi connectivity index (χ4n) is 9.96. The zero-order valence-corrected chi connectivity index (χ0v) is 32.1. The van der Waals surface area contributed by atoms with Gasteiger partial charge in [-0.25, -0.2) is 9.97 Å². The Balaban J connectivity index is 1.10. The van der Waals surface area contributed by atoms with Crippen LogP contribution in [0.3, 0.4) is 0 Å². The molecule has 0 saturated carbocycles. The number of benzene rings is 8. The minimum Gasteiger partial charge on any atom is -0.228 e. The highest BCUT2D eigenvalue weighted by Crippen LogP contribution is 2.54. The van der Waals surface area contributed by atoms with E-state index in [4.69, 9.17) is 9.97 Å². The van der Waals surface area contributed by atoms with Crippen molar-refractivity contribution in [2.45, 2.75) is 38.5 Å². The van der Waals surface area contributed by atoms with Gasteiger partial charge >= 0.3 is 0 Å². The van der Waals surface area contributed by atoms with Gasteiger partial charge in [0.25, 0.3) is 0 Å². The van der Waals surface area contributed by atoms with Crippen LogP contribution in [0.5, 0.6) is 0 Å². The minimum absolute atomic E-state index is 0.0918. The molecule has 11 rings (SSSR count). The lowest BCUT2D eigenvalue weighted by molar-refractivity contribution is 0.660. The van der Waals surface area contributed by atoms with Gasteiger partial charge in [0, 0.05) is 27.5 Å². The molecule has 266 valence electrons. The van der Waals surface area contributed by atoms with E-state index in [9.17, 15) is 0 Å². The molecular formula is C54H40N2. The van der Waals surface area contributed by atoms with E-state index in [0.717, 1.165) is 39.3 Å². The summed E-state index contributed by atoms with van der Waals surface area (Å²) in [6.07, 6.45) is 0. The van der Waals surface area contributed by atoms with Gasteiger partial charge in [-0.1, -0.05) is 179 Å². The first-order valence-electron chi connectivity index (χ1n) is 19.7. The molecule has 0 saturated heterocycles. The molecule has 0 N–H and O–H groups in total. The molecule has 0 unspecified atom stereocenters. The third kappa shape index (κ3) is 4.69. The van der Waals surface area contributed by atoms with Gasteiger partial charge < -0.3 is 0 Å². The zero-order valence-electron chi connectivity index (χ0n) is 32.1. The standard InChI is InChI=1S/C54H40N2/c1-53(2)45-23-13-12-21-42(45)50-43(22-14-24-47(50)53)49-32-48(34-16-6-5-7-17-34)55-52(56-49)41-29-28-36(38-19-10-11-20-39(38)41)35-26-30-46-44(31-35)40-27-25-33-15-8-9-18-37(33)51(40)54(46,3)4/h5-32H,1-4H3. The molecule has 2 aliphatic rings. The molecule has 2 aliphatic carbocycles. The third-order valence-corrected chi connectivity index (χ3v) is 12.7. The maximum atomic E-state index is 5.45. The number of hydrogen-bond acceptors (Lipinski definition) is 2. The Morgan fingerprint density at radius 2 is 0.982 bits per heavy atom. The van der Waals surface area contributed by atoms with Crippen LogP contribution in [0, 0.1) is 0 Å². The van der Waals surface area contributed by atoms with Gasteiger partial charge in [0.1, 0.15) is 0 Å². The lowest BCUT2D eigenvalue weighted by Gasteiger charge is -2.23. The van der Waals surface area contributed by atoms with Gasteiger partial charge in [-0.05, 0) is 95.4 Å². The number of aromatic nitrogens is 2. The molecule has 2 nitrogen and oxygen atoms in total. The highest BCUT2D eigenvalue weighted by molar-refractivity contribution is 6.06. The first-order valence-corrected chi connectivity index (χ1v) is 19.7. The van der Waals surface area contributed by atoms with E-state index in [-0.39, 0.29) is 10.8 Å². The smallest absolute Gasteiger partial charge is 0.161 e. The molecule has 1 heterocycles.